The highest BCUT2D eigenvalue weighted by atomic mass is 35.5. The lowest BCUT2D eigenvalue weighted by Gasteiger charge is -2.14. The molecule has 29 heavy (non-hydrogen) atoms. The lowest BCUT2D eigenvalue weighted by molar-refractivity contribution is 0.0958. The molecule has 1 aromatic heterocycles. The molecule has 6 nitrogen and oxygen atoms in total. The summed E-state index contributed by atoms with van der Waals surface area (Å²) in [6.45, 7) is 0. The van der Waals surface area contributed by atoms with Crippen LogP contribution < -0.4 is 20.1 Å². The Hall–Kier alpha value is -2.77. The molecule has 0 saturated carbocycles. The number of hydrogen-bond acceptors (Lipinski definition) is 6. The number of methoxy groups -OCH3 is 2. The van der Waals surface area contributed by atoms with Gasteiger partial charge in [-0.15, -0.1) is 0 Å². The average Bonchev–Trinajstić information content (AvgIpc) is 3.33. The number of thiazole rings is 1. The van der Waals surface area contributed by atoms with Crippen molar-refractivity contribution in [1.82, 2.24) is 10.3 Å². The Morgan fingerprint density at radius 2 is 1.83 bits per heavy atom. The minimum absolute atomic E-state index is 0.258. The summed E-state index contributed by atoms with van der Waals surface area (Å²) < 4.78 is 11.7. The van der Waals surface area contributed by atoms with Crippen molar-refractivity contribution in [2.75, 3.05) is 19.5 Å². The minimum atomic E-state index is -0.258. The van der Waals surface area contributed by atoms with Gasteiger partial charge in [-0.3, -0.25) is 4.79 Å². The molecule has 0 fully saturated rings. The molecule has 1 aliphatic rings. The number of benzene rings is 2. The van der Waals surface area contributed by atoms with Crippen molar-refractivity contribution >= 4 is 44.2 Å². The van der Waals surface area contributed by atoms with Crippen molar-refractivity contribution in [3.63, 3.8) is 0 Å². The van der Waals surface area contributed by atoms with Gasteiger partial charge in [0.1, 0.15) is 17.1 Å². The maximum Gasteiger partial charge on any atom is 0.263 e. The maximum absolute atomic E-state index is 13.0. The fourth-order valence-electron chi connectivity index (χ4n) is 3.38. The molecular formula is C21H20ClN3O3S. The third kappa shape index (κ3) is 4.02. The summed E-state index contributed by atoms with van der Waals surface area (Å²) in [5.74, 6) is 0.683. The van der Waals surface area contributed by atoms with E-state index in [0.29, 0.717) is 22.1 Å². The third-order valence-corrected chi connectivity index (χ3v) is 5.91. The summed E-state index contributed by atoms with van der Waals surface area (Å²) in [6.07, 6.45) is 2.58. The van der Waals surface area contributed by atoms with Gasteiger partial charge >= 0.3 is 0 Å². The van der Waals surface area contributed by atoms with Gasteiger partial charge in [-0.2, -0.15) is 0 Å². The van der Waals surface area contributed by atoms with Gasteiger partial charge in [0, 0.05) is 16.4 Å². The smallest absolute Gasteiger partial charge is 0.263 e. The second-order valence-corrected chi connectivity index (χ2v) is 8.03. The van der Waals surface area contributed by atoms with E-state index < -0.39 is 0 Å². The van der Waals surface area contributed by atoms with E-state index in [1.54, 1.807) is 18.2 Å². The molecule has 1 amide bonds. The SMILES string of the molecule is COc1cccc(OC)c1C(=O)NC1=C(Nc2nc3ccc(Cl)cc3s2)CCC1. The van der Waals surface area contributed by atoms with Crippen LogP contribution in [0.1, 0.15) is 29.6 Å². The molecule has 4 rings (SSSR count). The first kappa shape index (κ1) is 19.5. The predicted octanol–water partition coefficient (Wildman–Crippen LogP) is 5.20. The van der Waals surface area contributed by atoms with E-state index >= 15 is 0 Å². The van der Waals surface area contributed by atoms with E-state index in [9.17, 15) is 4.79 Å². The second-order valence-electron chi connectivity index (χ2n) is 6.56. The molecule has 2 N–H and O–H groups in total. The summed E-state index contributed by atoms with van der Waals surface area (Å²) >= 11 is 7.60. The lowest BCUT2D eigenvalue weighted by atomic mass is 10.1. The van der Waals surface area contributed by atoms with Crippen LogP contribution in [0.25, 0.3) is 10.2 Å². The Kier molecular flexibility index (Phi) is 5.60. The molecule has 0 bridgehead atoms. The Morgan fingerprint density at radius 3 is 2.55 bits per heavy atom. The standard InChI is InChI=1S/C21H20ClN3O3S/c1-27-16-7-4-8-17(28-2)19(16)20(26)23-13-5-3-6-14(13)24-21-25-15-10-9-12(22)11-18(15)29-21/h4,7-11H,3,5-6H2,1-2H3,(H,23,26)(H,24,25). The van der Waals surface area contributed by atoms with Gasteiger partial charge in [-0.25, -0.2) is 4.98 Å². The van der Waals surface area contributed by atoms with Crippen LogP contribution in [0.2, 0.25) is 5.02 Å². The molecule has 2 aromatic carbocycles. The van der Waals surface area contributed by atoms with Crippen LogP contribution in [-0.2, 0) is 0 Å². The van der Waals surface area contributed by atoms with Gasteiger partial charge in [0.05, 0.1) is 24.4 Å². The van der Waals surface area contributed by atoms with Crippen molar-refractivity contribution < 1.29 is 14.3 Å². The fourth-order valence-corrected chi connectivity index (χ4v) is 4.54. The molecule has 0 spiro atoms. The van der Waals surface area contributed by atoms with Gasteiger partial charge in [0.2, 0.25) is 0 Å². The molecule has 1 aliphatic carbocycles. The monoisotopic (exact) mass is 429 g/mol. The zero-order chi connectivity index (χ0) is 20.4. The molecule has 3 aromatic rings. The topological polar surface area (TPSA) is 72.5 Å². The van der Waals surface area contributed by atoms with Gasteiger partial charge in [-0.1, -0.05) is 29.0 Å². The van der Waals surface area contributed by atoms with E-state index in [2.05, 4.69) is 15.6 Å². The molecule has 0 saturated heterocycles. The van der Waals surface area contributed by atoms with E-state index in [1.807, 2.05) is 18.2 Å². The van der Waals surface area contributed by atoms with Gasteiger partial charge in [0.25, 0.3) is 5.91 Å². The van der Waals surface area contributed by atoms with Crippen LogP contribution in [0.3, 0.4) is 0 Å². The largest absolute Gasteiger partial charge is 0.496 e. The van der Waals surface area contributed by atoms with Crippen LogP contribution in [0.15, 0.2) is 47.8 Å². The number of carbonyl (C=O) groups excluding carboxylic acids is 1. The molecule has 8 heteroatoms. The number of carbonyl (C=O) groups is 1. The molecule has 1 heterocycles. The van der Waals surface area contributed by atoms with Crippen LogP contribution in [-0.4, -0.2) is 25.1 Å². The van der Waals surface area contributed by atoms with E-state index in [0.717, 1.165) is 46.0 Å². The Labute approximate surface area is 177 Å². The highest BCUT2D eigenvalue weighted by Crippen LogP contribution is 2.33. The van der Waals surface area contributed by atoms with Crippen LogP contribution in [0, 0.1) is 0 Å². The third-order valence-electron chi connectivity index (χ3n) is 4.75. The zero-order valence-electron chi connectivity index (χ0n) is 16.0. The van der Waals surface area contributed by atoms with Crippen LogP contribution in [0.4, 0.5) is 5.13 Å². The number of anilines is 1. The number of amides is 1. The van der Waals surface area contributed by atoms with Crippen LogP contribution >= 0.6 is 22.9 Å². The van der Waals surface area contributed by atoms with Gasteiger partial charge in [0.15, 0.2) is 5.13 Å². The van der Waals surface area contributed by atoms with Crippen molar-refractivity contribution in [2.24, 2.45) is 0 Å². The van der Waals surface area contributed by atoms with Crippen molar-refractivity contribution in [1.29, 1.82) is 0 Å². The van der Waals surface area contributed by atoms with Crippen LogP contribution in [0.5, 0.6) is 11.5 Å². The molecule has 150 valence electrons. The first-order valence-electron chi connectivity index (χ1n) is 9.16. The van der Waals surface area contributed by atoms with Crippen molar-refractivity contribution in [3.8, 4) is 11.5 Å². The number of allylic oxidation sites excluding steroid dienone is 2. The number of nitrogens with one attached hydrogen (secondary N) is 2. The number of hydrogen-bond donors (Lipinski definition) is 2. The lowest BCUT2D eigenvalue weighted by Crippen LogP contribution is -2.25. The first-order chi connectivity index (χ1) is 14.1. The summed E-state index contributed by atoms with van der Waals surface area (Å²) in [4.78, 5) is 17.6. The normalized spacial score (nSPS) is 13.6. The predicted molar refractivity (Wildman–Crippen MR) is 116 cm³/mol. The summed E-state index contributed by atoms with van der Waals surface area (Å²) in [6, 6.07) is 10.9. The Morgan fingerprint density at radius 1 is 1.10 bits per heavy atom. The Bertz CT molecular complexity index is 1090. The van der Waals surface area contributed by atoms with E-state index in [4.69, 9.17) is 21.1 Å². The molecule has 0 aliphatic heterocycles. The first-order valence-corrected chi connectivity index (χ1v) is 10.4. The maximum atomic E-state index is 13.0. The summed E-state index contributed by atoms with van der Waals surface area (Å²) in [7, 11) is 3.07. The average molecular weight is 430 g/mol. The second kappa shape index (κ2) is 8.31. The number of ether oxygens (including phenoxy) is 2. The van der Waals surface area contributed by atoms with Crippen molar-refractivity contribution in [2.45, 2.75) is 19.3 Å². The highest BCUT2D eigenvalue weighted by Gasteiger charge is 2.23. The minimum Gasteiger partial charge on any atom is -0.496 e. The molecule has 0 unspecified atom stereocenters. The zero-order valence-corrected chi connectivity index (χ0v) is 17.6. The highest BCUT2D eigenvalue weighted by molar-refractivity contribution is 7.22. The number of nitrogens with zero attached hydrogens (tertiary/aromatic N) is 1. The van der Waals surface area contributed by atoms with Gasteiger partial charge < -0.3 is 20.1 Å². The van der Waals surface area contributed by atoms with E-state index in [-0.39, 0.29) is 5.91 Å². The number of aromatic nitrogens is 1. The summed E-state index contributed by atoms with van der Waals surface area (Å²) in [5.41, 5.74) is 3.10. The molecular weight excluding hydrogens is 410 g/mol. The van der Waals surface area contributed by atoms with Gasteiger partial charge in [-0.05, 0) is 49.6 Å². The van der Waals surface area contributed by atoms with Crippen molar-refractivity contribution in [3.05, 3.63) is 58.4 Å². The number of halogens is 1. The number of rotatable bonds is 6. The fraction of sp³-hybridized carbons (Fsp3) is 0.238. The Balaban J connectivity index is 1.59. The molecule has 0 radical (unpaired) electrons. The van der Waals surface area contributed by atoms with E-state index in [1.165, 1.54) is 25.6 Å². The summed E-state index contributed by atoms with van der Waals surface area (Å²) in [5, 5.41) is 7.88. The molecule has 0 atom stereocenters. The number of fused-ring (bicyclic) bond motifs is 1. The quantitative estimate of drug-likeness (QED) is 0.563.